The van der Waals surface area contributed by atoms with Crippen LogP contribution in [0.15, 0.2) is 54.1 Å². The average molecular weight is 424 g/mol. The fourth-order valence-electron chi connectivity index (χ4n) is 3.69. The molecule has 1 fully saturated rings. The molecule has 0 spiro atoms. The first-order chi connectivity index (χ1) is 14.9. The number of hydrogen-bond donors (Lipinski definition) is 1. The lowest BCUT2D eigenvalue weighted by molar-refractivity contribution is -0.384. The van der Waals surface area contributed by atoms with E-state index in [1.54, 1.807) is 7.11 Å². The third-order valence-corrected chi connectivity index (χ3v) is 5.32. The molecule has 0 aromatic heterocycles. The predicted molar refractivity (Wildman–Crippen MR) is 114 cm³/mol. The Hall–Kier alpha value is -3.52. The molecule has 8 heteroatoms. The molecule has 1 heterocycles. The SMILES string of the molecule is CCc1ccc(C2/C(=C(/O)c3cccc([N+](=O)[O-])c3)C(=O)C(=O)N2CCCOC)cc1. The highest BCUT2D eigenvalue weighted by atomic mass is 16.6. The quantitative estimate of drug-likeness (QED) is 0.173. The first-order valence-corrected chi connectivity index (χ1v) is 10.00. The summed E-state index contributed by atoms with van der Waals surface area (Å²) in [4.78, 5) is 37.7. The molecule has 1 saturated heterocycles. The van der Waals surface area contributed by atoms with Crippen molar-refractivity contribution >= 4 is 23.1 Å². The highest BCUT2D eigenvalue weighted by Crippen LogP contribution is 2.39. The topological polar surface area (TPSA) is 110 Å². The van der Waals surface area contributed by atoms with Crippen molar-refractivity contribution in [2.45, 2.75) is 25.8 Å². The lowest BCUT2D eigenvalue weighted by Crippen LogP contribution is -2.31. The van der Waals surface area contributed by atoms with Crippen molar-refractivity contribution in [3.8, 4) is 0 Å². The highest BCUT2D eigenvalue weighted by Gasteiger charge is 2.45. The Labute approximate surface area is 179 Å². The van der Waals surface area contributed by atoms with Crippen molar-refractivity contribution in [2.24, 2.45) is 0 Å². The van der Waals surface area contributed by atoms with Gasteiger partial charge in [-0.05, 0) is 24.0 Å². The summed E-state index contributed by atoms with van der Waals surface area (Å²) in [6.07, 6.45) is 1.35. The first-order valence-electron chi connectivity index (χ1n) is 10.00. The van der Waals surface area contributed by atoms with Crippen LogP contribution in [-0.2, 0) is 20.7 Å². The number of rotatable bonds is 8. The molecule has 31 heavy (non-hydrogen) atoms. The third kappa shape index (κ3) is 4.49. The number of aryl methyl sites for hydroxylation is 1. The lowest BCUT2D eigenvalue weighted by atomic mass is 9.94. The van der Waals surface area contributed by atoms with Crippen LogP contribution < -0.4 is 0 Å². The summed E-state index contributed by atoms with van der Waals surface area (Å²) in [5, 5.41) is 22.1. The monoisotopic (exact) mass is 424 g/mol. The van der Waals surface area contributed by atoms with Crippen LogP contribution in [0.1, 0.15) is 36.1 Å². The van der Waals surface area contributed by atoms with Crippen LogP contribution in [0.25, 0.3) is 5.76 Å². The van der Waals surface area contributed by atoms with Crippen LogP contribution in [0.3, 0.4) is 0 Å². The zero-order valence-electron chi connectivity index (χ0n) is 17.4. The maximum Gasteiger partial charge on any atom is 0.295 e. The maximum atomic E-state index is 12.9. The zero-order chi connectivity index (χ0) is 22.5. The van der Waals surface area contributed by atoms with Gasteiger partial charge in [0.25, 0.3) is 17.4 Å². The minimum Gasteiger partial charge on any atom is -0.507 e. The lowest BCUT2D eigenvalue weighted by Gasteiger charge is -2.25. The molecule has 3 rings (SSSR count). The van der Waals surface area contributed by atoms with Gasteiger partial charge in [0, 0.05) is 38.0 Å². The Balaban J connectivity index is 2.13. The van der Waals surface area contributed by atoms with Crippen LogP contribution >= 0.6 is 0 Å². The molecule has 1 aliphatic heterocycles. The van der Waals surface area contributed by atoms with Gasteiger partial charge < -0.3 is 14.7 Å². The van der Waals surface area contributed by atoms with Crippen LogP contribution in [0, 0.1) is 10.1 Å². The van der Waals surface area contributed by atoms with Gasteiger partial charge in [0.2, 0.25) is 0 Å². The highest BCUT2D eigenvalue weighted by molar-refractivity contribution is 6.46. The first kappa shape index (κ1) is 22.2. The standard InChI is InChI=1S/C23H24N2O6/c1-3-15-8-10-16(11-9-15)20-19(22(27)23(28)24(20)12-5-13-31-2)21(26)17-6-4-7-18(14-17)25(29)30/h4,6-11,14,20,26H,3,5,12-13H2,1-2H3/b21-19-. The molecule has 0 radical (unpaired) electrons. The van der Waals surface area contributed by atoms with E-state index in [2.05, 4.69) is 0 Å². The van der Waals surface area contributed by atoms with Gasteiger partial charge in [0.05, 0.1) is 16.5 Å². The number of nitro benzene ring substituents is 1. The number of nitrogens with zero attached hydrogens (tertiary/aromatic N) is 2. The number of non-ortho nitro benzene ring substituents is 1. The number of amides is 1. The van der Waals surface area contributed by atoms with Crippen molar-refractivity contribution in [3.63, 3.8) is 0 Å². The van der Waals surface area contributed by atoms with Gasteiger partial charge in [-0.15, -0.1) is 0 Å². The van der Waals surface area contributed by atoms with Crippen LogP contribution in [0.4, 0.5) is 5.69 Å². The van der Waals surface area contributed by atoms with E-state index in [4.69, 9.17) is 4.74 Å². The number of benzene rings is 2. The molecule has 162 valence electrons. The number of ketones is 1. The number of carbonyl (C=O) groups is 2. The van der Waals surface area contributed by atoms with Crippen molar-refractivity contribution in [3.05, 3.63) is 80.9 Å². The fraction of sp³-hybridized carbons (Fsp3) is 0.304. The van der Waals surface area contributed by atoms with E-state index in [1.807, 2.05) is 31.2 Å². The number of nitro groups is 1. The molecule has 1 aliphatic rings. The van der Waals surface area contributed by atoms with Crippen LogP contribution in [-0.4, -0.2) is 46.9 Å². The van der Waals surface area contributed by atoms with Gasteiger partial charge in [-0.1, -0.05) is 43.3 Å². The normalized spacial score (nSPS) is 17.9. The number of methoxy groups -OCH3 is 1. The maximum absolute atomic E-state index is 12.9. The molecule has 1 N–H and O–H groups in total. The van der Waals surface area contributed by atoms with Crippen molar-refractivity contribution in [2.75, 3.05) is 20.3 Å². The van der Waals surface area contributed by atoms with Crippen LogP contribution in [0.5, 0.6) is 0 Å². The van der Waals surface area contributed by atoms with E-state index in [1.165, 1.54) is 29.2 Å². The minimum absolute atomic E-state index is 0.0767. The van der Waals surface area contributed by atoms with E-state index >= 15 is 0 Å². The van der Waals surface area contributed by atoms with E-state index in [0.717, 1.165) is 12.0 Å². The smallest absolute Gasteiger partial charge is 0.295 e. The molecule has 2 aromatic rings. The summed E-state index contributed by atoms with van der Waals surface area (Å²) in [6.45, 7) is 2.70. The number of Topliss-reactive ketones (excluding diaryl/α,β-unsaturated/α-hetero) is 1. The second kappa shape index (κ2) is 9.53. The number of carbonyl (C=O) groups excluding carboxylic acids is 2. The molecule has 1 unspecified atom stereocenters. The number of aliphatic hydroxyl groups excluding tert-OH is 1. The zero-order valence-corrected chi connectivity index (χ0v) is 17.4. The van der Waals surface area contributed by atoms with Gasteiger partial charge in [-0.3, -0.25) is 19.7 Å². The Morgan fingerprint density at radius 2 is 1.90 bits per heavy atom. The summed E-state index contributed by atoms with van der Waals surface area (Å²) >= 11 is 0. The van der Waals surface area contributed by atoms with Gasteiger partial charge in [0.1, 0.15) is 5.76 Å². The molecule has 0 saturated carbocycles. The summed E-state index contributed by atoms with van der Waals surface area (Å²) in [7, 11) is 1.55. The van der Waals surface area contributed by atoms with Gasteiger partial charge >= 0.3 is 0 Å². The molecule has 0 aliphatic carbocycles. The number of aliphatic hydroxyl groups is 1. The largest absolute Gasteiger partial charge is 0.507 e. The van der Waals surface area contributed by atoms with Gasteiger partial charge in [0.15, 0.2) is 0 Å². The van der Waals surface area contributed by atoms with Gasteiger partial charge in [-0.2, -0.15) is 0 Å². The fourth-order valence-corrected chi connectivity index (χ4v) is 3.69. The molecule has 1 amide bonds. The van der Waals surface area contributed by atoms with Crippen molar-refractivity contribution in [1.82, 2.24) is 4.90 Å². The minimum atomic E-state index is -0.814. The van der Waals surface area contributed by atoms with Crippen LogP contribution in [0.2, 0.25) is 0 Å². The third-order valence-electron chi connectivity index (χ3n) is 5.32. The van der Waals surface area contributed by atoms with Gasteiger partial charge in [-0.25, -0.2) is 0 Å². The summed E-state index contributed by atoms with van der Waals surface area (Å²) in [5.74, 6) is -1.96. The van der Waals surface area contributed by atoms with Crippen molar-refractivity contribution < 1.29 is 24.4 Å². The Kier molecular flexibility index (Phi) is 6.81. The summed E-state index contributed by atoms with van der Waals surface area (Å²) in [6, 6.07) is 12.1. The number of hydrogen-bond acceptors (Lipinski definition) is 6. The Morgan fingerprint density at radius 3 is 2.52 bits per heavy atom. The summed E-state index contributed by atoms with van der Waals surface area (Å²) in [5.41, 5.74) is 1.59. The molecule has 2 aromatic carbocycles. The van der Waals surface area contributed by atoms with E-state index < -0.39 is 28.4 Å². The predicted octanol–water partition coefficient (Wildman–Crippen LogP) is 3.62. The van der Waals surface area contributed by atoms with E-state index in [0.29, 0.717) is 18.6 Å². The van der Waals surface area contributed by atoms with Crippen molar-refractivity contribution in [1.29, 1.82) is 0 Å². The Morgan fingerprint density at radius 1 is 1.19 bits per heavy atom. The van der Waals surface area contributed by atoms with E-state index in [-0.39, 0.29) is 23.4 Å². The second-order valence-electron chi connectivity index (χ2n) is 7.24. The molecule has 0 bridgehead atoms. The number of ether oxygens (including phenoxy) is 1. The second-order valence-corrected chi connectivity index (χ2v) is 7.24. The molecule has 1 atom stereocenters. The molecular weight excluding hydrogens is 400 g/mol. The summed E-state index contributed by atoms with van der Waals surface area (Å²) < 4.78 is 5.07. The molecular formula is C23H24N2O6. The average Bonchev–Trinajstić information content (AvgIpc) is 3.04. The molecule has 8 nitrogen and oxygen atoms in total. The Bertz CT molecular complexity index is 1030. The van der Waals surface area contributed by atoms with E-state index in [9.17, 15) is 24.8 Å². The number of likely N-dealkylation sites (tertiary alicyclic amines) is 1.